The van der Waals surface area contributed by atoms with Gasteiger partial charge in [0.25, 0.3) is 0 Å². The number of fused-ring (bicyclic) bond motifs is 2. The Morgan fingerprint density at radius 1 is 1.16 bits per heavy atom. The van der Waals surface area contributed by atoms with E-state index in [-0.39, 0.29) is 11.7 Å². The van der Waals surface area contributed by atoms with Crippen LogP contribution in [-0.2, 0) is 6.54 Å². The van der Waals surface area contributed by atoms with Crippen molar-refractivity contribution >= 4 is 0 Å². The van der Waals surface area contributed by atoms with Crippen molar-refractivity contribution in [2.45, 2.75) is 32.7 Å². The number of methoxy groups -OCH3 is 1. The highest BCUT2D eigenvalue weighted by Gasteiger charge is 2.33. The van der Waals surface area contributed by atoms with Gasteiger partial charge in [-0.3, -0.25) is 5.41 Å². The van der Waals surface area contributed by atoms with E-state index in [0.29, 0.717) is 29.2 Å². The van der Waals surface area contributed by atoms with E-state index in [1.807, 2.05) is 34.9 Å². The minimum Gasteiger partial charge on any atom is -0.508 e. The van der Waals surface area contributed by atoms with Gasteiger partial charge in [-0.25, -0.2) is 4.98 Å². The number of phenolic OH excluding ortho intramolecular Hbond substituents is 1. The fourth-order valence-corrected chi connectivity index (χ4v) is 4.36. The van der Waals surface area contributed by atoms with Crippen LogP contribution in [0.5, 0.6) is 23.1 Å². The monoisotopic (exact) mass is 434 g/mol. The molecular weight excluding hydrogens is 404 g/mol. The lowest BCUT2D eigenvalue weighted by atomic mass is 9.83. The SMILES string of the molecule is CCN(CC)CCCn1cnc2c(c1=N)[C@H](c1ccccc1OC)c1ccc(O)cc1O2. The fourth-order valence-electron chi connectivity index (χ4n) is 4.36. The molecule has 3 aromatic rings. The van der Waals surface area contributed by atoms with Gasteiger partial charge in [0.2, 0.25) is 5.88 Å². The number of benzene rings is 2. The lowest BCUT2D eigenvalue weighted by Gasteiger charge is -2.29. The zero-order chi connectivity index (χ0) is 22.7. The number of para-hydroxylation sites is 1. The summed E-state index contributed by atoms with van der Waals surface area (Å²) >= 11 is 0. The number of rotatable bonds is 8. The molecule has 32 heavy (non-hydrogen) atoms. The van der Waals surface area contributed by atoms with Crippen LogP contribution in [0, 0.1) is 5.41 Å². The molecule has 0 bridgehead atoms. The largest absolute Gasteiger partial charge is 0.508 e. The highest BCUT2D eigenvalue weighted by Crippen LogP contribution is 2.47. The van der Waals surface area contributed by atoms with Crippen molar-refractivity contribution in [3.05, 3.63) is 71.0 Å². The van der Waals surface area contributed by atoms with Crippen molar-refractivity contribution in [2.24, 2.45) is 0 Å². The second-order valence-electron chi connectivity index (χ2n) is 7.88. The fraction of sp³-hybridized carbons (Fsp3) is 0.360. The maximum atomic E-state index is 10.0. The van der Waals surface area contributed by atoms with Gasteiger partial charge in [0, 0.05) is 23.7 Å². The Morgan fingerprint density at radius 3 is 2.69 bits per heavy atom. The molecule has 2 N–H and O–H groups in total. The van der Waals surface area contributed by atoms with Gasteiger partial charge in [-0.15, -0.1) is 0 Å². The number of aryl methyl sites for hydroxylation is 1. The maximum absolute atomic E-state index is 10.0. The Hall–Kier alpha value is -3.32. The van der Waals surface area contributed by atoms with Crippen LogP contribution in [0.1, 0.15) is 42.9 Å². The molecule has 7 nitrogen and oxygen atoms in total. The van der Waals surface area contributed by atoms with Crippen LogP contribution in [0.2, 0.25) is 0 Å². The van der Waals surface area contributed by atoms with Gasteiger partial charge in [-0.05, 0) is 38.2 Å². The van der Waals surface area contributed by atoms with E-state index < -0.39 is 0 Å². The number of nitrogens with one attached hydrogen (secondary N) is 1. The third kappa shape index (κ3) is 4.08. The number of ether oxygens (including phenoxy) is 2. The summed E-state index contributed by atoms with van der Waals surface area (Å²) in [6.45, 7) is 8.05. The number of hydrogen-bond acceptors (Lipinski definition) is 6. The number of hydrogen-bond donors (Lipinski definition) is 2. The molecule has 7 heteroatoms. The Kier molecular flexibility index (Phi) is 6.46. The Balaban J connectivity index is 1.79. The molecule has 0 amide bonds. The van der Waals surface area contributed by atoms with Crippen LogP contribution in [0.3, 0.4) is 0 Å². The summed E-state index contributed by atoms with van der Waals surface area (Å²) in [5.41, 5.74) is 2.89. The quantitative estimate of drug-likeness (QED) is 0.436. The topological polar surface area (TPSA) is 83.6 Å². The molecule has 0 saturated heterocycles. The van der Waals surface area contributed by atoms with E-state index in [1.54, 1.807) is 25.6 Å². The second-order valence-corrected chi connectivity index (χ2v) is 7.88. The van der Waals surface area contributed by atoms with Crippen molar-refractivity contribution in [1.82, 2.24) is 14.5 Å². The van der Waals surface area contributed by atoms with Crippen molar-refractivity contribution in [1.29, 1.82) is 5.41 Å². The molecule has 0 radical (unpaired) electrons. The predicted octanol–water partition coefficient (Wildman–Crippen LogP) is 4.09. The first-order valence-corrected chi connectivity index (χ1v) is 11.1. The van der Waals surface area contributed by atoms with Crippen LogP contribution < -0.4 is 15.0 Å². The van der Waals surface area contributed by atoms with Gasteiger partial charge in [-0.1, -0.05) is 38.1 Å². The lowest BCUT2D eigenvalue weighted by molar-refractivity contribution is 0.291. The van der Waals surface area contributed by atoms with E-state index in [9.17, 15) is 5.11 Å². The molecule has 1 aliphatic rings. The van der Waals surface area contributed by atoms with Gasteiger partial charge < -0.3 is 24.0 Å². The second kappa shape index (κ2) is 9.44. The number of aromatic nitrogens is 2. The first-order valence-electron chi connectivity index (χ1n) is 11.1. The van der Waals surface area contributed by atoms with E-state index in [1.165, 1.54) is 0 Å². The van der Waals surface area contributed by atoms with E-state index >= 15 is 0 Å². The molecule has 168 valence electrons. The number of phenols is 1. The third-order valence-corrected chi connectivity index (χ3v) is 6.11. The molecule has 2 heterocycles. The predicted molar refractivity (Wildman–Crippen MR) is 123 cm³/mol. The smallest absolute Gasteiger partial charge is 0.228 e. The molecule has 0 aliphatic carbocycles. The molecule has 0 fully saturated rings. The Morgan fingerprint density at radius 2 is 1.94 bits per heavy atom. The summed E-state index contributed by atoms with van der Waals surface area (Å²) in [6.07, 6.45) is 2.61. The van der Waals surface area contributed by atoms with E-state index in [4.69, 9.17) is 14.9 Å². The Labute approximate surface area is 188 Å². The van der Waals surface area contributed by atoms with Gasteiger partial charge in [0.05, 0.1) is 18.6 Å². The molecule has 0 unspecified atom stereocenters. The van der Waals surface area contributed by atoms with Crippen LogP contribution in [0.4, 0.5) is 0 Å². The van der Waals surface area contributed by atoms with E-state index in [0.717, 1.165) is 42.9 Å². The number of nitrogens with zero attached hydrogens (tertiary/aromatic N) is 3. The summed E-state index contributed by atoms with van der Waals surface area (Å²) in [4.78, 5) is 6.94. The first kappa shape index (κ1) is 21.9. The van der Waals surface area contributed by atoms with Gasteiger partial charge in [0.1, 0.15) is 29.1 Å². The average molecular weight is 435 g/mol. The molecule has 0 spiro atoms. The summed E-state index contributed by atoms with van der Waals surface area (Å²) in [6, 6.07) is 12.9. The minimum absolute atomic E-state index is 0.125. The van der Waals surface area contributed by atoms with Crippen LogP contribution in [0.15, 0.2) is 48.8 Å². The maximum Gasteiger partial charge on any atom is 0.228 e. The molecule has 0 saturated carbocycles. The van der Waals surface area contributed by atoms with Crippen LogP contribution >= 0.6 is 0 Å². The Bertz CT molecular complexity index is 1150. The summed E-state index contributed by atoms with van der Waals surface area (Å²) < 4.78 is 13.6. The zero-order valence-corrected chi connectivity index (χ0v) is 18.8. The molecule has 1 aliphatic heterocycles. The molecule has 1 atom stereocenters. The lowest BCUT2D eigenvalue weighted by Crippen LogP contribution is -2.31. The standard InChI is InChI=1S/C25H30N4O3/c1-4-28(5-2)13-8-14-29-16-27-25-23(24(29)26)22(18-9-6-7-10-20(18)31-3)19-12-11-17(30)15-21(19)32-25/h6-7,9-12,15-16,22,26,30H,4-5,8,13-14H2,1-3H3/t22-/m1/s1. The molecule has 2 aromatic carbocycles. The van der Waals surface area contributed by atoms with Gasteiger partial charge in [0.15, 0.2) is 0 Å². The van der Waals surface area contributed by atoms with Crippen LogP contribution in [0.25, 0.3) is 0 Å². The summed E-state index contributed by atoms with van der Waals surface area (Å²) in [5.74, 6) is 1.50. The number of aromatic hydroxyl groups is 1. The molecular formula is C25H30N4O3. The van der Waals surface area contributed by atoms with Gasteiger partial charge >= 0.3 is 0 Å². The van der Waals surface area contributed by atoms with Gasteiger partial charge in [-0.2, -0.15) is 0 Å². The highest BCUT2D eigenvalue weighted by atomic mass is 16.5. The van der Waals surface area contributed by atoms with Crippen molar-refractivity contribution in [3.63, 3.8) is 0 Å². The van der Waals surface area contributed by atoms with Crippen molar-refractivity contribution in [3.8, 4) is 23.1 Å². The normalized spacial score (nSPS) is 14.6. The molecule has 4 rings (SSSR count). The molecule has 1 aromatic heterocycles. The first-order chi connectivity index (χ1) is 15.6. The summed E-state index contributed by atoms with van der Waals surface area (Å²) in [7, 11) is 1.65. The van der Waals surface area contributed by atoms with Crippen molar-refractivity contribution in [2.75, 3.05) is 26.7 Å². The van der Waals surface area contributed by atoms with E-state index in [2.05, 4.69) is 23.7 Å². The highest BCUT2D eigenvalue weighted by molar-refractivity contribution is 5.59. The van der Waals surface area contributed by atoms with Crippen LogP contribution in [-0.4, -0.2) is 46.3 Å². The third-order valence-electron chi connectivity index (χ3n) is 6.11. The minimum atomic E-state index is -0.291. The summed E-state index contributed by atoms with van der Waals surface area (Å²) in [5, 5.41) is 19.0. The zero-order valence-electron chi connectivity index (χ0n) is 18.8. The average Bonchev–Trinajstić information content (AvgIpc) is 2.81. The van der Waals surface area contributed by atoms with Crippen molar-refractivity contribution < 1.29 is 14.6 Å².